The predicted octanol–water partition coefficient (Wildman–Crippen LogP) is 3.45. The molecule has 2 N–H and O–H groups in total. The standard InChI is InChI=1S/C17H14N2O3S/c18-9-13-10-5-3-4-8-14(10)23-16(13)19-15(20)11-6-1-2-7-12(11)17(21)22/h1-2,6-7H,3-5,8H2,(H,19,20)(H,21,22). The normalized spacial score (nSPS) is 13.0. The molecule has 6 heteroatoms. The number of benzene rings is 1. The van der Waals surface area contributed by atoms with Gasteiger partial charge in [0.05, 0.1) is 16.7 Å². The Kier molecular flexibility index (Phi) is 4.13. The lowest BCUT2D eigenvalue weighted by Crippen LogP contribution is -2.16. The van der Waals surface area contributed by atoms with Gasteiger partial charge in [0.2, 0.25) is 0 Å². The molecule has 1 aromatic carbocycles. The van der Waals surface area contributed by atoms with Crippen molar-refractivity contribution in [3.05, 3.63) is 51.4 Å². The van der Waals surface area contributed by atoms with E-state index < -0.39 is 11.9 Å². The smallest absolute Gasteiger partial charge is 0.336 e. The third-order valence-electron chi connectivity index (χ3n) is 3.91. The highest BCUT2D eigenvalue weighted by Gasteiger charge is 2.23. The maximum absolute atomic E-state index is 12.4. The number of nitrogens with one attached hydrogen (secondary N) is 1. The van der Waals surface area contributed by atoms with E-state index in [1.165, 1.54) is 23.5 Å². The summed E-state index contributed by atoms with van der Waals surface area (Å²) in [6.45, 7) is 0. The Morgan fingerprint density at radius 2 is 1.87 bits per heavy atom. The van der Waals surface area contributed by atoms with Gasteiger partial charge < -0.3 is 10.4 Å². The lowest BCUT2D eigenvalue weighted by molar-refractivity contribution is 0.0692. The van der Waals surface area contributed by atoms with Crippen LogP contribution in [0.15, 0.2) is 24.3 Å². The summed E-state index contributed by atoms with van der Waals surface area (Å²) in [6, 6.07) is 8.23. The van der Waals surface area contributed by atoms with E-state index in [4.69, 9.17) is 0 Å². The van der Waals surface area contributed by atoms with Crippen molar-refractivity contribution in [3.63, 3.8) is 0 Å². The Morgan fingerprint density at radius 1 is 1.17 bits per heavy atom. The third-order valence-corrected chi connectivity index (χ3v) is 5.12. The highest BCUT2D eigenvalue weighted by molar-refractivity contribution is 7.16. The lowest BCUT2D eigenvalue weighted by atomic mass is 9.96. The summed E-state index contributed by atoms with van der Waals surface area (Å²) in [5.74, 6) is -1.65. The number of amides is 1. The van der Waals surface area contributed by atoms with E-state index in [9.17, 15) is 20.0 Å². The van der Waals surface area contributed by atoms with Crippen LogP contribution in [0.5, 0.6) is 0 Å². The molecular weight excluding hydrogens is 312 g/mol. The van der Waals surface area contributed by atoms with Crippen molar-refractivity contribution in [3.8, 4) is 6.07 Å². The summed E-state index contributed by atoms with van der Waals surface area (Å²) in [4.78, 5) is 24.8. The van der Waals surface area contributed by atoms with E-state index in [0.717, 1.165) is 36.1 Å². The maximum Gasteiger partial charge on any atom is 0.336 e. The largest absolute Gasteiger partial charge is 0.478 e. The van der Waals surface area contributed by atoms with Gasteiger partial charge in [0.25, 0.3) is 5.91 Å². The Balaban J connectivity index is 1.94. The molecule has 0 radical (unpaired) electrons. The van der Waals surface area contributed by atoms with Gasteiger partial charge in [-0.15, -0.1) is 11.3 Å². The molecule has 0 bridgehead atoms. The molecule has 1 amide bonds. The fourth-order valence-corrected chi connectivity index (χ4v) is 4.05. The number of nitriles is 1. The monoisotopic (exact) mass is 326 g/mol. The van der Waals surface area contributed by atoms with E-state index >= 15 is 0 Å². The maximum atomic E-state index is 12.4. The SMILES string of the molecule is N#Cc1c(NC(=O)c2ccccc2C(=O)O)sc2c1CCCC2. The van der Waals surface area contributed by atoms with Crippen LogP contribution in [0.1, 0.15) is 49.6 Å². The first kappa shape index (κ1) is 15.3. The van der Waals surface area contributed by atoms with Crippen LogP contribution in [-0.2, 0) is 12.8 Å². The van der Waals surface area contributed by atoms with Crippen LogP contribution >= 0.6 is 11.3 Å². The van der Waals surface area contributed by atoms with Gasteiger partial charge in [-0.2, -0.15) is 5.26 Å². The number of hydrogen-bond acceptors (Lipinski definition) is 4. The fraction of sp³-hybridized carbons (Fsp3) is 0.235. The number of hydrogen-bond donors (Lipinski definition) is 2. The summed E-state index contributed by atoms with van der Waals surface area (Å²) in [5.41, 5.74) is 1.59. The average molecular weight is 326 g/mol. The van der Waals surface area contributed by atoms with Crippen LogP contribution in [0.25, 0.3) is 0 Å². The second-order valence-corrected chi connectivity index (χ2v) is 6.44. The Hall–Kier alpha value is -2.65. The number of aromatic carboxylic acids is 1. The molecule has 0 atom stereocenters. The zero-order valence-electron chi connectivity index (χ0n) is 12.3. The number of nitrogens with zero attached hydrogens (tertiary/aromatic N) is 1. The highest BCUT2D eigenvalue weighted by atomic mass is 32.1. The van der Waals surface area contributed by atoms with Gasteiger partial charge in [0, 0.05) is 4.88 Å². The molecular formula is C17H14N2O3S. The van der Waals surface area contributed by atoms with E-state index in [-0.39, 0.29) is 11.1 Å². The van der Waals surface area contributed by atoms with Crippen molar-refractivity contribution in [1.82, 2.24) is 0 Å². The number of rotatable bonds is 3. The Bertz CT molecular complexity index is 833. The van der Waals surface area contributed by atoms with Crippen LogP contribution in [-0.4, -0.2) is 17.0 Å². The zero-order valence-corrected chi connectivity index (χ0v) is 13.1. The highest BCUT2D eigenvalue weighted by Crippen LogP contribution is 2.37. The molecule has 1 aliphatic carbocycles. The van der Waals surface area contributed by atoms with Crippen molar-refractivity contribution in [2.24, 2.45) is 0 Å². The fourth-order valence-electron chi connectivity index (χ4n) is 2.81. The number of carbonyl (C=O) groups is 2. The summed E-state index contributed by atoms with van der Waals surface area (Å²) < 4.78 is 0. The number of carbonyl (C=O) groups excluding carboxylic acids is 1. The van der Waals surface area contributed by atoms with Crippen molar-refractivity contribution in [1.29, 1.82) is 5.26 Å². The Labute approximate surface area is 137 Å². The first-order chi connectivity index (χ1) is 11.1. The van der Waals surface area contributed by atoms with Gasteiger partial charge in [-0.05, 0) is 43.4 Å². The van der Waals surface area contributed by atoms with Crippen molar-refractivity contribution in [2.75, 3.05) is 5.32 Å². The molecule has 2 aromatic rings. The molecule has 1 heterocycles. The van der Waals surface area contributed by atoms with Crippen LogP contribution < -0.4 is 5.32 Å². The number of aryl methyl sites for hydroxylation is 1. The number of carboxylic acids is 1. The minimum Gasteiger partial charge on any atom is -0.478 e. The lowest BCUT2D eigenvalue weighted by Gasteiger charge is -2.09. The number of anilines is 1. The van der Waals surface area contributed by atoms with Gasteiger partial charge in [-0.25, -0.2) is 4.79 Å². The summed E-state index contributed by atoms with van der Waals surface area (Å²) in [5, 5.41) is 21.8. The first-order valence-corrected chi connectivity index (χ1v) is 8.11. The molecule has 0 saturated heterocycles. The van der Waals surface area contributed by atoms with Crippen molar-refractivity contribution >= 4 is 28.2 Å². The molecule has 0 aliphatic heterocycles. The van der Waals surface area contributed by atoms with Gasteiger partial charge in [-0.3, -0.25) is 4.79 Å². The van der Waals surface area contributed by atoms with Crippen LogP contribution in [0.3, 0.4) is 0 Å². The predicted molar refractivity (Wildman–Crippen MR) is 87.0 cm³/mol. The van der Waals surface area contributed by atoms with Crippen molar-refractivity contribution < 1.29 is 14.7 Å². The van der Waals surface area contributed by atoms with Crippen LogP contribution in [0.2, 0.25) is 0 Å². The molecule has 0 unspecified atom stereocenters. The molecule has 23 heavy (non-hydrogen) atoms. The molecule has 116 valence electrons. The summed E-state index contributed by atoms with van der Waals surface area (Å²) in [7, 11) is 0. The van der Waals surface area contributed by atoms with Gasteiger partial charge in [-0.1, -0.05) is 12.1 Å². The second-order valence-electron chi connectivity index (χ2n) is 5.33. The molecule has 3 rings (SSSR count). The van der Waals surface area contributed by atoms with Crippen LogP contribution in [0, 0.1) is 11.3 Å². The topological polar surface area (TPSA) is 90.2 Å². The number of fused-ring (bicyclic) bond motifs is 1. The minimum atomic E-state index is -1.15. The zero-order chi connectivity index (χ0) is 16.4. The molecule has 0 fully saturated rings. The van der Waals surface area contributed by atoms with Gasteiger partial charge in [0.15, 0.2) is 0 Å². The van der Waals surface area contributed by atoms with Gasteiger partial charge in [0.1, 0.15) is 11.1 Å². The summed E-state index contributed by atoms with van der Waals surface area (Å²) in [6.07, 6.45) is 3.92. The van der Waals surface area contributed by atoms with E-state index in [2.05, 4.69) is 11.4 Å². The van der Waals surface area contributed by atoms with Gasteiger partial charge >= 0.3 is 5.97 Å². The summed E-state index contributed by atoms with van der Waals surface area (Å²) >= 11 is 1.42. The molecule has 1 aliphatic rings. The average Bonchev–Trinajstić information content (AvgIpc) is 2.91. The Morgan fingerprint density at radius 3 is 2.57 bits per heavy atom. The molecule has 5 nitrogen and oxygen atoms in total. The van der Waals surface area contributed by atoms with Crippen LogP contribution in [0.4, 0.5) is 5.00 Å². The van der Waals surface area contributed by atoms with Crippen molar-refractivity contribution in [2.45, 2.75) is 25.7 Å². The molecule has 0 saturated carbocycles. The number of thiophene rings is 1. The number of carboxylic acid groups (broad SMARTS) is 1. The molecule has 1 aromatic heterocycles. The second kappa shape index (κ2) is 6.23. The van der Waals surface area contributed by atoms with E-state index in [1.54, 1.807) is 12.1 Å². The third kappa shape index (κ3) is 2.83. The first-order valence-electron chi connectivity index (χ1n) is 7.30. The molecule has 0 spiro atoms. The quantitative estimate of drug-likeness (QED) is 0.904. The van der Waals surface area contributed by atoms with E-state index in [1.807, 2.05) is 0 Å². The minimum absolute atomic E-state index is 0.0511. The van der Waals surface area contributed by atoms with E-state index in [0.29, 0.717) is 10.6 Å².